The Labute approximate surface area is 138 Å². The average molecular weight is 333 g/mol. The highest BCUT2D eigenvalue weighted by Gasteiger charge is 2.05. The van der Waals surface area contributed by atoms with E-state index < -0.39 is 0 Å². The molecule has 0 aliphatic heterocycles. The van der Waals surface area contributed by atoms with Gasteiger partial charge in [-0.1, -0.05) is 29.3 Å². The standard InChI is InChI=1S/C17H14Cl2N2O/c1-22-17-5-2-11(8-14(17)19)10-21-16-6-7-20-15-4-3-12(18)9-13(15)16/h2-9H,10H2,1H3,(H,20,21). The van der Waals surface area contributed by atoms with Crippen LogP contribution in [0.5, 0.6) is 5.75 Å². The summed E-state index contributed by atoms with van der Waals surface area (Å²) in [5.74, 6) is 0.673. The molecule has 2 aromatic carbocycles. The number of methoxy groups -OCH3 is 1. The second-order valence-corrected chi connectivity index (χ2v) is 5.69. The minimum Gasteiger partial charge on any atom is -0.495 e. The number of nitrogens with zero attached hydrogens (tertiary/aromatic N) is 1. The third-order valence-electron chi connectivity index (χ3n) is 3.40. The van der Waals surface area contributed by atoms with Crippen molar-refractivity contribution in [3.05, 3.63) is 64.3 Å². The Morgan fingerprint density at radius 2 is 1.95 bits per heavy atom. The number of aromatic nitrogens is 1. The van der Waals surface area contributed by atoms with Crippen LogP contribution in [0.25, 0.3) is 10.9 Å². The fourth-order valence-corrected chi connectivity index (χ4v) is 2.74. The van der Waals surface area contributed by atoms with Crippen molar-refractivity contribution in [3.63, 3.8) is 0 Å². The first-order valence-corrected chi connectivity index (χ1v) is 7.53. The highest BCUT2D eigenvalue weighted by atomic mass is 35.5. The molecule has 0 radical (unpaired) electrons. The Hall–Kier alpha value is -1.97. The van der Waals surface area contributed by atoms with Crippen molar-refractivity contribution in [1.82, 2.24) is 4.98 Å². The van der Waals surface area contributed by atoms with Gasteiger partial charge in [0.2, 0.25) is 0 Å². The summed E-state index contributed by atoms with van der Waals surface area (Å²) in [5, 5.41) is 5.68. The van der Waals surface area contributed by atoms with Gasteiger partial charge in [0, 0.05) is 28.8 Å². The van der Waals surface area contributed by atoms with Crippen molar-refractivity contribution < 1.29 is 4.74 Å². The number of hydrogen-bond donors (Lipinski definition) is 1. The van der Waals surface area contributed by atoms with Crippen LogP contribution in [0.1, 0.15) is 5.56 Å². The molecule has 3 nitrogen and oxygen atoms in total. The molecule has 1 heterocycles. The first-order valence-electron chi connectivity index (χ1n) is 6.78. The predicted molar refractivity (Wildman–Crippen MR) is 92.1 cm³/mol. The van der Waals surface area contributed by atoms with Gasteiger partial charge in [-0.15, -0.1) is 0 Å². The zero-order valence-corrected chi connectivity index (χ0v) is 13.4. The highest BCUT2D eigenvalue weighted by Crippen LogP contribution is 2.27. The molecule has 22 heavy (non-hydrogen) atoms. The molecule has 0 unspecified atom stereocenters. The molecule has 1 aromatic heterocycles. The lowest BCUT2D eigenvalue weighted by Crippen LogP contribution is -2.00. The van der Waals surface area contributed by atoms with Crippen molar-refractivity contribution in [2.45, 2.75) is 6.54 Å². The lowest BCUT2D eigenvalue weighted by molar-refractivity contribution is 0.415. The normalized spacial score (nSPS) is 10.7. The van der Waals surface area contributed by atoms with E-state index in [0.29, 0.717) is 22.3 Å². The molecule has 0 spiro atoms. The van der Waals surface area contributed by atoms with Gasteiger partial charge in [0.25, 0.3) is 0 Å². The summed E-state index contributed by atoms with van der Waals surface area (Å²) in [6, 6.07) is 13.3. The SMILES string of the molecule is COc1ccc(CNc2ccnc3ccc(Cl)cc23)cc1Cl. The van der Waals surface area contributed by atoms with E-state index in [2.05, 4.69) is 10.3 Å². The van der Waals surface area contributed by atoms with Crippen LogP contribution in [-0.4, -0.2) is 12.1 Å². The number of fused-ring (bicyclic) bond motifs is 1. The third-order valence-corrected chi connectivity index (χ3v) is 3.93. The molecule has 0 amide bonds. The summed E-state index contributed by atoms with van der Waals surface area (Å²) in [5.41, 5.74) is 2.96. The summed E-state index contributed by atoms with van der Waals surface area (Å²) in [7, 11) is 1.60. The van der Waals surface area contributed by atoms with Gasteiger partial charge in [0.05, 0.1) is 17.6 Å². The number of benzene rings is 2. The molecule has 0 saturated carbocycles. The molecule has 0 bridgehead atoms. The van der Waals surface area contributed by atoms with Gasteiger partial charge in [-0.25, -0.2) is 0 Å². The van der Waals surface area contributed by atoms with Gasteiger partial charge in [-0.2, -0.15) is 0 Å². The molecule has 3 rings (SSSR count). The molecule has 5 heteroatoms. The van der Waals surface area contributed by atoms with E-state index in [4.69, 9.17) is 27.9 Å². The summed E-state index contributed by atoms with van der Waals surface area (Å²) >= 11 is 12.2. The second kappa shape index (κ2) is 6.42. The Morgan fingerprint density at radius 1 is 1.09 bits per heavy atom. The lowest BCUT2D eigenvalue weighted by Gasteiger charge is -2.11. The monoisotopic (exact) mass is 332 g/mol. The average Bonchev–Trinajstić information content (AvgIpc) is 2.53. The molecule has 0 atom stereocenters. The number of pyridine rings is 1. The first-order chi connectivity index (χ1) is 10.7. The van der Waals surface area contributed by atoms with Crippen LogP contribution in [0.3, 0.4) is 0 Å². The molecule has 0 aliphatic carbocycles. The maximum atomic E-state index is 6.15. The van der Waals surface area contributed by atoms with Crippen molar-refractivity contribution in [1.29, 1.82) is 0 Å². The second-order valence-electron chi connectivity index (χ2n) is 4.84. The Kier molecular flexibility index (Phi) is 4.36. The molecule has 0 aliphatic rings. The van der Waals surface area contributed by atoms with E-state index >= 15 is 0 Å². The van der Waals surface area contributed by atoms with E-state index in [1.165, 1.54) is 0 Å². The Bertz CT molecular complexity index is 821. The minimum absolute atomic E-state index is 0.601. The quantitative estimate of drug-likeness (QED) is 0.716. The molecular weight excluding hydrogens is 319 g/mol. The predicted octanol–water partition coefficient (Wildman–Crippen LogP) is 5.16. The van der Waals surface area contributed by atoms with Gasteiger partial charge in [-0.3, -0.25) is 4.98 Å². The highest BCUT2D eigenvalue weighted by molar-refractivity contribution is 6.32. The fraction of sp³-hybridized carbons (Fsp3) is 0.118. The number of rotatable bonds is 4. The summed E-state index contributed by atoms with van der Waals surface area (Å²) < 4.78 is 5.16. The molecule has 1 N–H and O–H groups in total. The number of nitrogens with one attached hydrogen (secondary N) is 1. The minimum atomic E-state index is 0.601. The number of anilines is 1. The lowest BCUT2D eigenvalue weighted by atomic mass is 10.1. The van der Waals surface area contributed by atoms with Crippen molar-refractivity contribution in [3.8, 4) is 5.75 Å². The van der Waals surface area contributed by atoms with Crippen LogP contribution in [0.15, 0.2) is 48.7 Å². The van der Waals surface area contributed by atoms with Gasteiger partial charge in [0.1, 0.15) is 5.75 Å². The zero-order chi connectivity index (χ0) is 15.5. The largest absolute Gasteiger partial charge is 0.495 e. The van der Waals surface area contributed by atoms with E-state index in [1.807, 2.05) is 42.5 Å². The van der Waals surface area contributed by atoms with E-state index in [-0.39, 0.29) is 0 Å². The first kappa shape index (κ1) is 14.9. The Morgan fingerprint density at radius 3 is 2.73 bits per heavy atom. The van der Waals surface area contributed by atoms with Crippen molar-refractivity contribution in [2.75, 3.05) is 12.4 Å². The topological polar surface area (TPSA) is 34.1 Å². The molecule has 0 fully saturated rings. The third kappa shape index (κ3) is 3.11. The van der Waals surface area contributed by atoms with Crippen LogP contribution in [0.4, 0.5) is 5.69 Å². The summed E-state index contributed by atoms with van der Waals surface area (Å²) in [6.07, 6.45) is 1.78. The van der Waals surface area contributed by atoms with Gasteiger partial charge >= 0.3 is 0 Å². The van der Waals surface area contributed by atoms with E-state index in [1.54, 1.807) is 13.3 Å². The smallest absolute Gasteiger partial charge is 0.137 e. The molecular formula is C17H14Cl2N2O. The van der Waals surface area contributed by atoms with Crippen LogP contribution in [0.2, 0.25) is 10.0 Å². The maximum absolute atomic E-state index is 6.15. The van der Waals surface area contributed by atoms with Gasteiger partial charge < -0.3 is 10.1 Å². The van der Waals surface area contributed by atoms with Crippen LogP contribution >= 0.6 is 23.2 Å². The molecule has 0 saturated heterocycles. The van der Waals surface area contributed by atoms with Gasteiger partial charge in [-0.05, 0) is 42.0 Å². The summed E-state index contributed by atoms with van der Waals surface area (Å²) in [6.45, 7) is 0.648. The van der Waals surface area contributed by atoms with Crippen LogP contribution < -0.4 is 10.1 Å². The molecule has 3 aromatic rings. The van der Waals surface area contributed by atoms with Crippen molar-refractivity contribution >= 4 is 39.8 Å². The summed E-state index contributed by atoms with van der Waals surface area (Å²) in [4.78, 5) is 4.34. The Balaban J connectivity index is 1.85. The number of hydrogen-bond acceptors (Lipinski definition) is 3. The number of halogens is 2. The van der Waals surface area contributed by atoms with Gasteiger partial charge in [0.15, 0.2) is 0 Å². The molecule has 112 valence electrons. The zero-order valence-electron chi connectivity index (χ0n) is 11.9. The van der Waals surface area contributed by atoms with Crippen molar-refractivity contribution in [2.24, 2.45) is 0 Å². The fourth-order valence-electron chi connectivity index (χ4n) is 2.29. The van der Waals surface area contributed by atoms with Crippen LogP contribution in [0, 0.1) is 0 Å². The maximum Gasteiger partial charge on any atom is 0.137 e. The van der Waals surface area contributed by atoms with Crippen LogP contribution in [-0.2, 0) is 6.54 Å². The van der Waals surface area contributed by atoms with E-state index in [0.717, 1.165) is 22.2 Å². The van der Waals surface area contributed by atoms with E-state index in [9.17, 15) is 0 Å². The number of ether oxygens (including phenoxy) is 1.